The van der Waals surface area contributed by atoms with E-state index in [1.807, 2.05) is 16.8 Å². The Balaban J connectivity index is 1.49. The van der Waals surface area contributed by atoms with Crippen LogP contribution in [0.3, 0.4) is 0 Å². The van der Waals surface area contributed by atoms with Gasteiger partial charge in [0.15, 0.2) is 0 Å². The highest BCUT2D eigenvalue weighted by atomic mass is 16.5. The van der Waals surface area contributed by atoms with Crippen LogP contribution >= 0.6 is 0 Å². The van der Waals surface area contributed by atoms with E-state index in [0.717, 1.165) is 29.7 Å². The van der Waals surface area contributed by atoms with Crippen LogP contribution in [0.1, 0.15) is 41.8 Å². The summed E-state index contributed by atoms with van der Waals surface area (Å²) in [7, 11) is 0. The Bertz CT molecular complexity index is 945. The van der Waals surface area contributed by atoms with E-state index in [4.69, 9.17) is 4.74 Å². The van der Waals surface area contributed by atoms with E-state index < -0.39 is 0 Å². The zero-order chi connectivity index (χ0) is 20.1. The van der Waals surface area contributed by atoms with Gasteiger partial charge in [-0.15, -0.1) is 5.10 Å². The predicted molar refractivity (Wildman–Crippen MR) is 111 cm³/mol. The number of aromatic nitrogens is 3. The van der Waals surface area contributed by atoms with Gasteiger partial charge in [0.25, 0.3) is 5.91 Å². The van der Waals surface area contributed by atoms with Crippen LogP contribution in [-0.4, -0.2) is 34.1 Å². The third-order valence-corrected chi connectivity index (χ3v) is 4.70. The fourth-order valence-electron chi connectivity index (χ4n) is 2.89. The molecule has 0 atom stereocenters. The molecule has 0 aliphatic rings. The molecule has 0 fully saturated rings. The molecule has 148 valence electrons. The number of carbonyl (C=O) groups excluding carboxylic acids is 1. The molecule has 0 unspecified atom stereocenters. The molecule has 0 aliphatic heterocycles. The molecule has 28 heavy (non-hydrogen) atoms. The van der Waals surface area contributed by atoms with Crippen molar-refractivity contribution in [2.24, 2.45) is 5.92 Å². The van der Waals surface area contributed by atoms with Crippen molar-refractivity contribution in [1.29, 1.82) is 0 Å². The fraction of sp³-hybridized carbons (Fsp3) is 0.409. The molecular formula is C22H28N4O2. The second-order valence-corrected chi connectivity index (χ2v) is 7.57. The standard InChI is InChI=1S/C22H28N4O2/c1-15(2)14-23-22(27)18-6-8-19(9-7-18)28-11-5-10-26-21-13-17(4)16(3)12-20(21)24-25-26/h6-9,12-13,15H,5,10-11,14H2,1-4H3,(H,23,27). The third kappa shape index (κ3) is 4.88. The Morgan fingerprint density at radius 3 is 2.57 bits per heavy atom. The third-order valence-electron chi connectivity index (χ3n) is 4.70. The number of hydrogen-bond acceptors (Lipinski definition) is 4. The maximum absolute atomic E-state index is 12.0. The summed E-state index contributed by atoms with van der Waals surface area (Å²) in [6.45, 7) is 10.3. The van der Waals surface area contributed by atoms with Crippen molar-refractivity contribution in [1.82, 2.24) is 20.3 Å². The lowest BCUT2D eigenvalue weighted by molar-refractivity contribution is 0.0949. The number of ether oxygens (including phenoxy) is 1. The van der Waals surface area contributed by atoms with E-state index in [0.29, 0.717) is 24.6 Å². The van der Waals surface area contributed by atoms with Gasteiger partial charge in [0, 0.05) is 25.1 Å². The minimum absolute atomic E-state index is 0.0520. The van der Waals surface area contributed by atoms with Gasteiger partial charge in [-0.05, 0) is 67.3 Å². The van der Waals surface area contributed by atoms with Gasteiger partial charge < -0.3 is 10.1 Å². The maximum Gasteiger partial charge on any atom is 0.251 e. The van der Waals surface area contributed by atoms with Crippen molar-refractivity contribution >= 4 is 16.9 Å². The van der Waals surface area contributed by atoms with Crippen LogP contribution in [-0.2, 0) is 6.54 Å². The van der Waals surface area contributed by atoms with Crippen molar-refractivity contribution in [3.05, 3.63) is 53.1 Å². The van der Waals surface area contributed by atoms with Gasteiger partial charge in [-0.1, -0.05) is 19.1 Å². The summed E-state index contributed by atoms with van der Waals surface area (Å²) in [5.74, 6) is 1.14. The topological polar surface area (TPSA) is 69.0 Å². The van der Waals surface area contributed by atoms with E-state index >= 15 is 0 Å². The molecule has 0 bridgehead atoms. The van der Waals surface area contributed by atoms with Gasteiger partial charge in [-0.3, -0.25) is 4.79 Å². The molecule has 0 saturated carbocycles. The predicted octanol–water partition coefficient (Wildman–Crippen LogP) is 3.90. The first kappa shape index (κ1) is 19.9. The van der Waals surface area contributed by atoms with Crippen LogP contribution in [0.15, 0.2) is 36.4 Å². The van der Waals surface area contributed by atoms with E-state index in [-0.39, 0.29) is 5.91 Å². The smallest absolute Gasteiger partial charge is 0.251 e. The summed E-state index contributed by atoms with van der Waals surface area (Å²) >= 11 is 0. The van der Waals surface area contributed by atoms with Crippen LogP contribution in [0.4, 0.5) is 0 Å². The minimum Gasteiger partial charge on any atom is -0.494 e. The van der Waals surface area contributed by atoms with Crippen molar-refractivity contribution in [3.63, 3.8) is 0 Å². The average molecular weight is 380 g/mol. The minimum atomic E-state index is -0.0520. The molecule has 6 nitrogen and oxygen atoms in total. The van der Waals surface area contributed by atoms with Gasteiger partial charge in [-0.2, -0.15) is 0 Å². The van der Waals surface area contributed by atoms with Gasteiger partial charge in [-0.25, -0.2) is 4.68 Å². The average Bonchev–Trinajstić information content (AvgIpc) is 3.05. The summed E-state index contributed by atoms with van der Waals surface area (Å²) in [5.41, 5.74) is 5.09. The SMILES string of the molecule is Cc1cc2nnn(CCCOc3ccc(C(=O)NCC(C)C)cc3)c2cc1C. The number of nitrogens with one attached hydrogen (secondary N) is 1. The number of carbonyl (C=O) groups is 1. The lowest BCUT2D eigenvalue weighted by atomic mass is 10.1. The monoisotopic (exact) mass is 380 g/mol. The molecular weight excluding hydrogens is 352 g/mol. The van der Waals surface area contributed by atoms with Gasteiger partial charge in [0.1, 0.15) is 11.3 Å². The van der Waals surface area contributed by atoms with Gasteiger partial charge in [0.05, 0.1) is 12.1 Å². The van der Waals surface area contributed by atoms with E-state index in [1.165, 1.54) is 11.1 Å². The first-order chi connectivity index (χ1) is 13.4. The molecule has 1 aromatic heterocycles. The van der Waals surface area contributed by atoms with E-state index in [2.05, 4.69) is 55.5 Å². The molecule has 0 radical (unpaired) electrons. The van der Waals surface area contributed by atoms with E-state index in [1.54, 1.807) is 12.1 Å². The number of fused-ring (bicyclic) bond motifs is 1. The highest BCUT2D eigenvalue weighted by Crippen LogP contribution is 2.17. The summed E-state index contributed by atoms with van der Waals surface area (Å²) in [4.78, 5) is 12.0. The van der Waals surface area contributed by atoms with Crippen LogP contribution in [0.2, 0.25) is 0 Å². The molecule has 1 N–H and O–H groups in total. The van der Waals surface area contributed by atoms with Crippen molar-refractivity contribution in [2.45, 2.75) is 40.7 Å². The summed E-state index contributed by atoms with van der Waals surface area (Å²) < 4.78 is 7.72. The Morgan fingerprint density at radius 2 is 1.86 bits per heavy atom. The quantitative estimate of drug-likeness (QED) is 0.602. The van der Waals surface area contributed by atoms with Crippen LogP contribution in [0, 0.1) is 19.8 Å². The molecule has 6 heteroatoms. The summed E-state index contributed by atoms with van der Waals surface area (Å²) in [6, 6.07) is 11.5. The number of hydrogen-bond donors (Lipinski definition) is 1. The molecule has 0 saturated heterocycles. The van der Waals surface area contributed by atoms with E-state index in [9.17, 15) is 4.79 Å². The van der Waals surface area contributed by atoms with Crippen molar-refractivity contribution in [3.8, 4) is 5.75 Å². The zero-order valence-electron chi connectivity index (χ0n) is 17.0. The second kappa shape index (κ2) is 8.87. The van der Waals surface area contributed by atoms with Crippen LogP contribution in [0.25, 0.3) is 11.0 Å². The molecule has 1 amide bonds. The molecule has 0 aliphatic carbocycles. The molecule has 2 aromatic carbocycles. The lowest BCUT2D eigenvalue weighted by Gasteiger charge is -2.09. The first-order valence-corrected chi connectivity index (χ1v) is 9.75. The van der Waals surface area contributed by atoms with Crippen LogP contribution < -0.4 is 10.1 Å². The number of amides is 1. The highest BCUT2D eigenvalue weighted by Gasteiger charge is 2.08. The van der Waals surface area contributed by atoms with Crippen molar-refractivity contribution < 1.29 is 9.53 Å². The Kier molecular flexibility index (Phi) is 6.29. The number of nitrogens with zero attached hydrogens (tertiary/aromatic N) is 3. The van der Waals surface area contributed by atoms with Gasteiger partial charge >= 0.3 is 0 Å². The lowest BCUT2D eigenvalue weighted by Crippen LogP contribution is -2.27. The number of benzene rings is 2. The largest absolute Gasteiger partial charge is 0.494 e. The summed E-state index contributed by atoms with van der Waals surface area (Å²) in [6.07, 6.45) is 0.821. The normalized spacial score (nSPS) is 11.2. The highest BCUT2D eigenvalue weighted by molar-refractivity contribution is 5.94. The second-order valence-electron chi connectivity index (χ2n) is 7.57. The zero-order valence-corrected chi connectivity index (χ0v) is 17.0. The van der Waals surface area contributed by atoms with Gasteiger partial charge in [0.2, 0.25) is 0 Å². The Morgan fingerprint density at radius 1 is 1.14 bits per heavy atom. The fourth-order valence-corrected chi connectivity index (χ4v) is 2.89. The molecule has 1 heterocycles. The molecule has 3 rings (SSSR count). The Hall–Kier alpha value is -2.89. The maximum atomic E-state index is 12.0. The first-order valence-electron chi connectivity index (χ1n) is 9.75. The summed E-state index contributed by atoms with van der Waals surface area (Å²) in [5, 5.41) is 11.4. The number of rotatable bonds is 8. The van der Waals surface area contributed by atoms with Crippen LogP contribution in [0.5, 0.6) is 5.75 Å². The molecule has 0 spiro atoms. The Labute approximate surface area is 165 Å². The van der Waals surface area contributed by atoms with Crippen molar-refractivity contribution in [2.75, 3.05) is 13.2 Å². The molecule has 3 aromatic rings. The number of aryl methyl sites for hydroxylation is 3.